The summed E-state index contributed by atoms with van der Waals surface area (Å²) in [5.74, 6) is -1.14. The van der Waals surface area contributed by atoms with Gasteiger partial charge < -0.3 is 10.6 Å². The summed E-state index contributed by atoms with van der Waals surface area (Å²) in [6, 6.07) is 13.6. The SMILES string of the molecule is O=C(C=C1Sc2ccccc2NC1=O)NCc1ccccc1F. The van der Waals surface area contributed by atoms with Crippen LogP contribution in [0.5, 0.6) is 0 Å². The van der Waals surface area contributed by atoms with Crippen molar-refractivity contribution in [1.82, 2.24) is 5.32 Å². The number of fused-ring (bicyclic) bond motifs is 1. The summed E-state index contributed by atoms with van der Waals surface area (Å²) in [6.07, 6.45) is 1.23. The molecular formula is C17H13FN2O2S. The molecule has 0 atom stereocenters. The second-order valence-electron chi connectivity index (χ2n) is 4.87. The molecule has 0 spiro atoms. The maximum atomic E-state index is 13.5. The number of carbonyl (C=O) groups excluding carboxylic acids is 2. The Morgan fingerprint density at radius 3 is 2.74 bits per heavy atom. The normalized spacial score (nSPS) is 15.0. The van der Waals surface area contributed by atoms with Gasteiger partial charge in [-0.1, -0.05) is 42.1 Å². The lowest BCUT2D eigenvalue weighted by atomic mass is 10.2. The van der Waals surface area contributed by atoms with Crippen LogP contribution >= 0.6 is 11.8 Å². The number of rotatable bonds is 3. The van der Waals surface area contributed by atoms with Crippen molar-refractivity contribution in [1.29, 1.82) is 0 Å². The van der Waals surface area contributed by atoms with Crippen LogP contribution < -0.4 is 10.6 Å². The van der Waals surface area contributed by atoms with Crippen LogP contribution in [0, 0.1) is 5.82 Å². The summed E-state index contributed by atoms with van der Waals surface area (Å²) in [4.78, 5) is 25.1. The minimum absolute atomic E-state index is 0.0676. The lowest BCUT2D eigenvalue weighted by molar-refractivity contribution is -0.117. The van der Waals surface area contributed by atoms with E-state index in [1.807, 2.05) is 18.2 Å². The van der Waals surface area contributed by atoms with Crippen LogP contribution in [0.25, 0.3) is 0 Å². The first kappa shape index (κ1) is 15.3. The van der Waals surface area contributed by atoms with E-state index in [4.69, 9.17) is 0 Å². The molecule has 0 radical (unpaired) electrons. The third kappa shape index (κ3) is 3.60. The Morgan fingerprint density at radius 1 is 1.17 bits per heavy atom. The number of carbonyl (C=O) groups is 2. The zero-order chi connectivity index (χ0) is 16.2. The Balaban J connectivity index is 1.68. The van der Waals surface area contributed by atoms with Crippen LogP contribution in [0.15, 0.2) is 64.4 Å². The molecule has 4 nitrogen and oxygen atoms in total. The molecule has 6 heteroatoms. The average molecular weight is 328 g/mol. The van der Waals surface area contributed by atoms with Crippen LogP contribution in [-0.2, 0) is 16.1 Å². The van der Waals surface area contributed by atoms with E-state index in [1.54, 1.807) is 24.3 Å². The van der Waals surface area contributed by atoms with Gasteiger partial charge in [0.05, 0.1) is 10.6 Å². The molecule has 23 heavy (non-hydrogen) atoms. The molecule has 1 aliphatic rings. The second kappa shape index (κ2) is 6.66. The van der Waals surface area contributed by atoms with Crippen LogP contribution in [0.3, 0.4) is 0 Å². The fourth-order valence-electron chi connectivity index (χ4n) is 2.10. The van der Waals surface area contributed by atoms with Gasteiger partial charge in [-0.3, -0.25) is 9.59 Å². The van der Waals surface area contributed by atoms with E-state index >= 15 is 0 Å². The van der Waals surface area contributed by atoms with Crippen molar-refractivity contribution in [2.24, 2.45) is 0 Å². The molecule has 0 fully saturated rings. The van der Waals surface area contributed by atoms with Gasteiger partial charge in [-0.25, -0.2) is 4.39 Å². The predicted octanol–water partition coefficient (Wildman–Crippen LogP) is 3.07. The first-order valence-electron chi connectivity index (χ1n) is 6.94. The molecule has 2 aromatic rings. The highest BCUT2D eigenvalue weighted by Gasteiger charge is 2.21. The van der Waals surface area contributed by atoms with E-state index in [0.29, 0.717) is 10.5 Å². The van der Waals surface area contributed by atoms with Gasteiger partial charge in [0.2, 0.25) is 5.91 Å². The van der Waals surface area contributed by atoms with Crippen molar-refractivity contribution in [3.8, 4) is 0 Å². The summed E-state index contributed by atoms with van der Waals surface area (Å²) in [7, 11) is 0. The molecule has 116 valence electrons. The van der Waals surface area contributed by atoms with E-state index in [2.05, 4.69) is 10.6 Å². The third-order valence-electron chi connectivity index (χ3n) is 3.25. The van der Waals surface area contributed by atoms with Crippen LogP contribution in [-0.4, -0.2) is 11.8 Å². The maximum Gasteiger partial charge on any atom is 0.262 e. The van der Waals surface area contributed by atoms with Gasteiger partial charge in [0.15, 0.2) is 0 Å². The molecule has 2 amide bonds. The molecule has 2 N–H and O–H groups in total. The number of anilines is 1. The van der Waals surface area contributed by atoms with Crippen molar-refractivity contribution in [3.05, 3.63) is 70.9 Å². The third-order valence-corrected chi connectivity index (χ3v) is 4.35. The van der Waals surface area contributed by atoms with E-state index in [-0.39, 0.29) is 18.3 Å². The monoisotopic (exact) mass is 328 g/mol. The van der Waals surface area contributed by atoms with E-state index in [1.165, 1.54) is 23.9 Å². The van der Waals surface area contributed by atoms with E-state index in [9.17, 15) is 14.0 Å². The van der Waals surface area contributed by atoms with E-state index in [0.717, 1.165) is 10.6 Å². The highest BCUT2D eigenvalue weighted by molar-refractivity contribution is 8.04. The summed E-state index contributed by atoms with van der Waals surface area (Å²) in [5, 5.41) is 5.31. The lowest BCUT2D eigenvalue weighted by Gasteiger charge is -2.18. The Hall–Kier alpha value is -2.60. The highest BCUT2D eigenvalue weighted by Crippen LogP contribution is 2.37. The zero-order valence-corrected chi connectivity index (χ0v) is 12.8. The zero-order valence-electron chi connectivity index (χ0n) is 12.0. The molecule has 0 saturated heterocycles. The smallest absolute Gasteiger partial charge is 0.262 e. The Labute approximate surface area is 136 Å². The topological polar surface area (TPSA) is 58.2 Å². The van der Waals surface area contributed by atoms with Crippen LogP contribution in [0.1, 0.15) is 5.56 Å². The average Bonchev–Trinajstić information content (AvgIpc) is 2.55. The number of benzene rings is 2. The van der Waals surface area contributed by atoms with E-state index < -0.39 is 5.91 Å². The van der Waals surface area contributed by atoms with Gasteiger partial charge in [-0.05, 0) is 18.2 Å². The van der Waals surface area contributed by atoms with Crippen molar-refractivity contribution >= 4 is 29.3 Å². The first-order chi connectivity index (χ1) is 11.1. The predicted molar refractivity (Wildman–Crippen MR) is 87.3 cm³/mol. The number of amides is 2. The quantitative estimate of drug-likeness (QED) is 0.852. The minimum Gasteiger partial charge on any atom is -0.348 e. The number of halogens is 1. The Bertz CT molecular complexity index is 805. The van der Waals surface area contributed by atoms with Gasteiger partial charge in [-0.15, -0.1) is 0 Å². The summed E-state index contributed by atoms with van der Waals surface area (Å²) < 4.78 is 13.5. The molecule has 0 aromatic heterocycles. The fraction of sp³-hybridized carbons (Fsp3) is 0.0588. The molecule has 1 heterocycles. The molecule has 1 aliphatic heterocycles. The summed E-state index contributed by atoms with van der Waals surface area (Å²) in [6.45, 7) is 0.0676. The maximum absolute atomic E-state index is 13.5. The van der Waals surface area contributed by atoms with Gasteiger partial charge >= 0.3 is 0 Å². The minimum atomic E-state index is -0.440. The Kier molecular flexibility index (Phi) is 4.43. The second-order valence-corrected chi connectivity index (χ2v) is 5.95. The number of hydrogen-bond donors (Lipinski definition) is 2. The van der Waals surface area contributed by atoms with Crippen molar-refractivity contribution in [3.63, 3.8) is 0 Å². The molecule has 0 saturated carbocycles. The van der Waals surface area contributed by atoms with Gasteiger partial charge in [0.25, 0.3) is 5.91 Å². The standard InChI is InChI=1S/C17H13FN2O2S/c18-12-6-2-1-5-11(12)10-19-16(21)9-15-17(22)20-13-7-3-4-8-14(13)23-15/h1-9H,10H2,(H,19,21)(H,20,22). The van der Waals surface area contributed by atoms with Crippen LogP contribution in [0.4, 0.5) is 10.1 Å². The molecule has 0 aliphatic carbocycles. The molecular weight excluding hydrogens is 315 g/mol. The number of thioether (sulfide) groups is 1. The molecule has 2 aromatic carbocycles. The number of nitrogens with one attached hydrogen (secondary N) is 2. The van der Waals surface area contributed by atoms with Crippen LogP contribution in [0.2, 0.25) is 0 Å². The van der Waals surface area contributed by atoms with Gasteiger partial charge in [-0.2, -0.15) is 0 Å². The summed E-state index contributed by atoms with van der Waals surface area (Å²) in [5.41, 5.74) is 1.12. The fourth-order valence-corrected chi connectivity index (χ4v) is 3.02. The molecule has 0 bridgehead atoms. The number of hydrogen-bond acceptors (Lipinski definition) is 3. The largest absolute Gasteiger partial charge is 0.348 e. The summed E-state index contributed by atoms with van der Waals surface area (Å²) >= 11 is 1.23. The van der Waals surface area contributed by atoms with Crippen molar-refractivity contribution in [2.75, 3.05) is 5.32 Å². The lowest BCUT2D eigenvalue weighted by Crippen LogP contribution is -2.24. The molecule has 0 unspecified atom stereocenters. The first-order valence-corrected chi connectivity index (χ1v) is 7.76. The Morgan fingerprint density at radius 2 is 1.91 bits per heavy atom. The van der Waals surface area contributed by atoms with Crippen molar-refractivity contribution < 1.29 is 14.0 Å². The van der Waals surface area contributed by atoms with Crippen molar-refractivity contribution in [2.45, 2.75) is 11.4 Å². The van der Waals surface area contributed by atoms with Gasteiger partial charge in [0.1, 0.15) is 5.82 Å². The number of para-hydroxylation sites is 1. The highest BCUT2D eigenvalue weighted by atomic mass is 32.2. The molecule has 3 rings (SSSR count). The van der Waals surface area contributed by atoms with Gasteiger partial charge in [0, 0.05) is 23.1 Å².